The average molecular weight is 299 g/mol. The van der Waals surface area contributed by atoms with E-state index in [1.807, 2.05) is 17.4 Å². The molecule has 3 rings (SSSR count). The fourth-order valence-electron chi connectivity index (χ4n) is 2.68. The Labute approximate surface area is 129 Å². The Morgan fingerprint density at radius 1 is 1.24 bits per heavy atom. The van der Waals surface area contributed by atoms with Crippen molar-refractivity contribution in [2.45, 2.75) is 39.4 Å². The van der Waals surface area contributed by atoms with E-state index in [0.717, 1.165) is 30.9 Å². The number of aryl methyl sites for hydroxylation is 1. The molecule has 2 aromatic heterocycles. The van der Waals surface area contributed by atoms with Crippen LogP contribution in [0.1, 0.15) is 24.5 Å². The van der Waals surface area contributed by atoms with Gasteiger partial charge in [-0.05, 0) is 43.8 Å². The minimum atomic E-state index is 0.453. The van der Waals surface area contributed by atoms with Gasteiger partial charge in [-0.3, -0.25) is 0 Å². The average Bonchev–Trinajstić information content (AvgIpc) is 3.11. The van der Waals surface area contributed by atoms with E-state index in [9.17, 15) is 0 Å². The Kier molecular flexibility index (Phi) is 4.36. The van der Waals surface area contributed by atoms with Gasteiger partial charge in [0.25, 0.3) is 0 Å². The fraction of sp³-hybridized carbons (Fsp3) is 0.353. The highest BCUT2D eigenvalue weighted by molar-refractivity contribution is 7.09. The Bertz CT molecular complexity index is 700. The molecular formula is C17H21N3S. The SMILES string of the molecule is CCn1c(CNC(C)Cc2cccs2)nc2ccccc21. The first-order valence-corrected chi connectivity index (χ1v) is 8.35. The van der Waals surface area contributed by atoms with Gasteiger partial charge in [0, 0.05) is 17.5 Å². The van der Waals surface area contributed by atoms with Gasteiger partial charge in [-0.1, -0.05) is 18.2 Å². The number of aromatic nitrogens is 2. The van der Waals surface area contributed by atoms with Crippen LogP contribution < -0.4 is 5.32 Å². The van der Waals surface area contributed by atoms with Crippen molar-refractivity contribution in [1.82, 2.24) is 14.9 Å². The summed E-state index contributed by atoms with van der Waals surface area (Å²) in [5.74, 6) is 1.12. The summed E-state index contributed by atoms with van der Waals surface area (Å²) in [5, 5.41) is 5.73. The lowest BCUT2D eigenvalue weighted by Gasteiger charge is -2.13. The van der Waals surface area contributed by atoms with Crippen LogP contribution in [0.4, 0.5) is 0 Å². The summed E-state index contributed by atoms with van der Waals surface area (Å²) < 4.78 is 2.29. The zero-order valence-corrected chi connectivity index (χ0v) is 13.4. The molecule has 0 bridgehead atoms. The molecule has 0 saturated carbocycles. The highest BCUT2D eigenvalue weighted by Crippen LogP contribution is 2.16. The van der Waals surface area contributed by atoms with Gasteiger partial charge in [-0.25, -0.2) is 4.98 Å². The summed E-state index contributed by atoms with van der Waals surface area (Å²) in [5.41, 5.74) is 2.31. The molecule has 3 aromatic rings. The first-order valence-electron chi connectivity index (χ1n) is 7.48. The molecule has 1 N–H and O–H groups in total. The number of imidazole rings is 1. The van der Waals surface area contributed by atoms with Crippen LogP contribution >= 0.6 is 11.3 Å². The van der Waals surface area contributed by atoms with Gasteiger partial charge in [0.15, 0.2) is 0 Å². The number of thiophene rings is 1. The second-order valence-electron chi connectivity index (χ2n) is 5.33. The molecule has 2 heterocycles. The molecular weight excluding hydrogens is 278 g/mol. The van der Waals surface area contributed by atoms with Crippen LogP contribution in [0, 0.1) is 0 Å². The summed E-state index contributed by atoms with van der Waals surface area (Å²) in [7, 11) is 0. The van der Waals surface area contributed by atoms with Crippen molar-refractivity contribution in [3.8, 4) is 0 Å². The zero-order chi connectivity index (χ0) is 14.7. The van der Waals surface area contributed by atoms with Crippen LogP contribution in [-0.4, -0.2) is 15.6 Å². The number of fused-ring (bicyclic) bond motifs is 1. The standard InChI is InChI=1S/C17H21N3S/c1-3-20-16-9-5-4-8-15(16)19-17(20)12-18-13(2)11-14-7-6-10-21-14/h4-10,13,18H,3,11-12H2,1-2H3. The van der Waals surface area contributed by atoms with Gasteiger partial charge in [0.2, 0.25) is 0 Å². The minimum Gasteiger partial charge on any atom is -0.327 e. The quantitative estimate of drug-likeness (QED) is 0.749. The molecule has 1 unspecified atom stereocenters. The van der Waals surface area contributed by atoms with Crippen LogP contribution in [-0.2, 0) is 19.5 Å². The van der Waals surface area contributed by atoms with Crippen molar-refractivity contribution >= 4 is 22.4 Å². The molecule has 1 atom stereocenters. The van der Waals surface area contributed by atoms with Crippen LogP contribution in [0.15, 0.2) is 41.8 Å². The third-order valence-electron chi connectivity index (χ3n) is 3.75. The Balaban J connectivity index is 1.70. The third kappa shape index (κ3) is 3.17. The van der Waals surface area contributed by atoms with Crippen molar-refractivity contribution in [1.29, 1.82) is 0 Å². The first-order chi connectivity index (χ1) is 10.3. The van der Waals surface area contributed by atoms with Crippen molar-refractivity contribution in [3.63, 3.8) is 0 Å². The maximum atomic E-state index is 4.76. The topological polar surface area (TPSA) is 29.9 Å². The molecule has 21 heavy (non-hydrogen) atoms. The van der Waals surface area contributed by atoms with Crippen molar-refractivity contribution in [2.24, 2.45) is 0 Å². The van der Waals surface area contributed by atoms with Gasteiger partial charge >= 0.3 is 0 Å². The van der Waals surface area contributed by atoms with E-state index >= 15 is 0 Å². The number of hydrogen-bond acceptors (Lipinski definition) is 3. The smallest absolute Gasteiger partial charge is 0.123 e. The minimum absolute atomic E-state index is 0.453. The predicted molar refractivity (Wildman–Crippen MR) is 89.7 cm³/mol. The molecule has 0 aliphatic carbocycles. The van der Waals surface area contributed by atoms with E-state index in [-0.39, 0.29) is 0 Å². The number of nitrogens with one attached hydrogen (secondary N) is 1. The van der Waals surface area contributed by atoms with Crippen LogP contribution in [0.3, 0.4) is 0 Å². The largest absolute Gasteiger partial charge is 0.327 e. The molecule has 0 spiro atoms. The number of nitrogens with zero attached hydrogens (tertiary/aromatic N) is 2. The van der Waals surface area contributed by atoms with Gasteiger partial charge in [-0.15, -0.1) is 11.3 Å². The maximum absolute atomic E-state index is 4.76. The first kappa shape index (κ1) is 14.3. The lowest BCUT2D eigenvalue weighted by molar-refractivity contribution is 0.524. The van der Waals surface area contributed by atoms with E-state index in [2.05, 4.69) is 59.4 Å². The molecule has 1 aromatic carbocycles. The van der Waals surface area contributed by atoms with Crippen LogP contribution in [0.25, 0.3) is 11.0 Å². The van der Waals surface area contributed by atoms with Crippen LogP contribution in [0.2, 0.25) is 0 Å². The van der Waals surface area contributed by atoms with E-state index in [1.165, 1.54) is 10.4 Å². The van der Waals surface area contributed by atoms with Crippen LogP contribution in [0.5, 0.6) is 0 Å². The lowest BCUT2D eigenvalue weighted by Crippen LogP contribution is -2.28. The number of hydrogen-bond donors (Lipinski definition) is 1. The molecule has 0 fully saturated rings. The summed E-state index contributed by atoms with van der Waals surface area (Å²) in [6, 6.07) is 13.1. The zero-order valence-electron chi connectivity index (χ0n) is 12.5. The monoisotopic (exact) mass is 299 g/mol. The molecule has 0 radical (unpaired) electrons. The highest BCUT2D eigenvalue weighted by Gasteiger charge is 2.10. The summed E-state index contributed by atoms with van der Waals surface area (Å²) in [4.78, 5) is 6.19. The molecule has 0 amide bonds. The van der Waals surface area contributed by atoms with Crippen molar-refractivity contribution in [3.05, 3.63) is 52.5 Å². The second kappa shape index (κ2) is 6.41. The summed E-state index contributed by atoms with van der Waals surface area (Å²) >= 11 is 1.82. The number of rotatable bonds is 6. The molecule has 0 aliphatic heterocycles. The number of para-hydroxylation sites is 2. The Morgan fingerprint density at radius 2 is 2.10 bits per heavy atom. The van der Waals surface area contributed by atoms with E-state index in [4.69, 9.17) is 4.98 Å². The normalized spacial score (nSPS) is 12.9. The van der Waals surface area contributed by atoms with Crippen molar-refractivity contribution < 1.29 is 0 Å². The summed E-state index contributed by atoms with van der Waals surface area (Å²) in [6.45, 7) is 6.18. The highest BCUT2D eigenvalue weighted by atomic mass is 32.1. The molecule has 0 saturated heterocycles. The molecule has 0 aliphatic rings. The van der Waals surface area contributed by atoms with Gasteiger partial charge < -0.3 is 9.88 Å². The Hall–Kier alpha value is -1.65. The summed E-state index contributed by atoms with van der Waals surface area (Å²) in [6.07, 6.45) is 1.07. The second-order valence-corrected chi connectivity index (χ2v) is 6.36. The van der Waals surface area contributed by atoms with E-state index in [1.54, 1.807) is 0 Å². The maximum Gasteiger partial charge on any atom is 0.123 e. The number of benzene rings is 1. The molecule has 110 valence electrons. The van der Waals surface area contributed by atoms with E-state index in [0.29, 0.717) is 6.04 Å². The van der Waals surface area contributed by atoms with Gasteiger partial charge in [0.1, 0.15) is 5.82 Å². The van der Waals surface area contributed by atoms with Crippen molar-refractivity contribution in [2.75, 3.05) is 0 Å². The Morgan fingerprint density at radius 3 is 2.86 bits per heavy atom. The molecule has 3 nitrogen and oxygen atoms in total. The third-order valence-corrected chi connectivity index (χ3v) is 4.64. The van der Waals surface area contributed by atoms with Gasteiger partial charge in [-0.2, -0.15) is 0 Å². The van der Waals surface area contributed by atoms with Gasteiger partial charge in [0.05, 0.1) is 17.6 Å². The van der Waals surface area contributed by atoms with E-state index < -0.39 is 0 Å². The molecule has 4 heteroatoms. The lowest BCUT2D eigenvalue weighted by atomic mass is 10.2. The fourth-order valence-corrected chi connectivity index (χ4v) is 3.52. The predicted octanol–water partition coefficient (Wildman–Crippen LogP) is 3.84.